The predicted octanol–water partition coefficient (Wildman–Crippen LogP) is 2.57. The van der Waals surface area contributed by atoms with Crippen LogP contribution in [0, 0.1) is 13.8 Å². The number of hydrogen-bond acceptors (Lipinski definition) is 5. The third-order valence-corrected chi connectivity index (χ3v) is 3.33. The van der Waals surface area contributed by atoms with E-state index in [1.807, 2.05) is 32.0 Å². The zero-order chi connectivity index (χ0) is 16.3. The van der Waals surface area contributed by atoms with Gasteiger partial charge in [-0.2, -0.15) is 0 Å². The van der Waals surface area contributed by atoms with Crippen LogP contribution in [-0.4, -0.2) is 26.8 Å². The molecule has 0 bridgehead atoms. The van der Waals surface area contributed by atoms with E-state index in [1.54, 1.807) is 0 Å². The average Bonchev–Trinajstić information content (AvgIpc) is 2.48. The number of carbonyl (C=O) groups excluding carboxylic acids is 1. The van der Waals surface area contributed by atoms with Crippen molar-refractivity contribution in [3.8, 4) is 5.75 Å². The van der Waals surface area contributed by atoms with Gasteiger partial charge in [-0.15, -0.1) is 0 Å². The van der Waals surface area contributed by atoms with Crippen molar-refractivity contribution < 1.29 is 19.4 Å². The highest BCUT2D eigenvalue weighted by atomic mass is 16.5. The minimum absolute atomic E-state index is 0.0111. The molecule has 0 unspecified atom stereocenters. The lowest BCUT2D eigenvalue weighted by molar-refractivity contribution is 0.0684. The lowest BCUT2D eigenvalue weighted by Crippen LogP contribution is -2.13. The van der Waals surface area contributed by atoms with Crippen molar-refractivity contribution in [3.05, 3.63) is 52.6 Å². The number of carboxylic acids is 1. The Bertz CT molecular complexity index is 741. The number of rotatable bonds is 5. The van der Waals surface area contributed by atoms with Gasteiger partial charge in [-0.1, -0.05) is 12.1 Å². The number of carboxylic acid groups (broad SMARTS) is 1. The molecular weight excluding hydrogens is 284 g/mol. The summed E-state index contributed by atoms with van der Waals surface area (Å²) < 4.78 is 5.64. The quantitative estimate of drug-likeness (QED) is 0.854. The van der Waals surface area contributed by atoms with Gasteiger partial charge in [0.1, 0.15) is 12.4 Å². The Kier molecular flexibility index (Phi) is 4.50. The van der Waals surface area contributed by atoms with Crippen LogP contribution in [0.15, 0.2) is 24.4 Å². The van der Waals surface area contributed by atoms with Crippen LogP contribution in [0.2, 0.25) is 0 Å². The van der Waals surface area contributed by atoms with Crippen molar-refractivity contribution in [2.75, 3.05) is 0 Å². The molecule has 2 rings (SSSR count). The number of nitrogens with zero attached hydrogens (tertiary/aromatic N) is 2. The first-order chi connectivity index (χ1) is 10.4. The molecule has 6 nitrogen and oxygen atoms in total. The third-order valence-electron chi connectivity index (χ3n) is 3.33. The molecule has 0 atom stereocenters. The van der Waals surface area contributed by atoms with Gasteiger partial charge in [-0.05, 0) is 38.0 Å². The number of aryl methyl sites for hydroxylation is 1. The fourth-order valence-corrected chi connectivity index (χ4v) is 1.93. The number of ketones is 1. The molecule has 22 heavy (non-hydrogen) atoms. The van der Waals surface area contributed by atoms with Crippen molar-refractivity contribution in [1.82, 2.24) is 9.97 Å². The lowest BCUT2D eigenvalue weighted by Gasteiger charge is -2.10. The fourth-order valence-electron chi connectivity index (χ4n) is 1.93. The van der Waals surface area contributed by atoms with E-state index >= 15 is 0 Å². The largest absolute Gasteiger partial charge is 0.485 e. The zero-order valence-electron chi connectivity index (χ0n) is 12.6. The number of hydrogen-bond donors (Lipinski definition) is 1. The number of ether oxygens (including phenoxy) is 1. The summed E-state index contributed by atoms with van der Waals surface area (Å²) in [5.74, 6) is -0.751. The number of benzene rings is 1. The van der Waals surface area contributed by atoms with E-state index in [9.17, 15) is 9.59 Å². The van der Waals surface area contributed by atoms with Gasteiger partial charge in [-0.25, -0.2) is 14.8 Å². The smallest absolute Gasteiger partial charge is 0.355 e. The first-order valence-electron chi connectivity index (χ1n) is 6.69. The minimum atomic E-state index is -1.26. The van der Waals surface area contributed by atoms with Crippen molar-refractivity contribution in [2.45, 2.75) is 27.4 Å². The van der Waals surface area contributed by atoms with Crippen molar-refractivity contribution in [3.63, 3.8) is 0 Å². The number of aromatic nitrogens is 2. The third kappa shape index (κ3) is 3.28. The molecule has 0 fully saturated rings. The highest BCUT2D eigenvalue weighted by molar-refractivity contribution is 6.03. The molecule has 2 aromatic rings. The predicted molar refractivity (Wildman–Crippen MR) is 79.2 cm³/mol. The van der Waals surface area contributed by atoms with Crippen molar-refractivity contribution >= 4 is 11.8 Å². The van der Waals surface area contributed by atoms with Crippen molar-refractivity contribution in [1.29, 1.82) is 0 Å². The molecule has 1 aromatic heterocycles. The average molecular weight is 300 g/mol. The van der Waals surface area contributed by atoms with Crippen LogP contribution >= 0.6 is 0 Å². The molecule has 0 amide bonds. The maximum Gasteiger partial charge on any atom is 0.355 e. The standard InChI is InChI=1S/C16H16N2O4/c1-9-5-4-6-13(10(9)2)22-8-14-17-7-12(11(3)19)15(18-14)16(20)21/h4-7H,8H2,1-3H3,(H,20,21). The first kappa shape index (κ1) is 15.6. The molecule has 1 aromatic carbocycles. The first-order valence-corrected chi connectivity index (χ1v) is 6.69. The molecule has 0 radical (unpaired) electrons. The number of Topliss-reactive ketones (excluding diaryl/α,β-unsaturated/α-hetero) is 1. The zero-order valence-corrected chi connectivity index (χ0v) is 12.6. The van der Waals surface area contributed by atoms with Crippen LogP contribution in [0.5, 0.6) is 5.75 Å². The Morgan fingerprint density at radius 2 is 2.00 bits per heavy atom. The normalized spacial score (nSPS) is 10.3. The van der Waals surface area contributed by atoms with E-state index in [2.05, 4.69) is 9.97 Å². The molecular formula is C16H16N2O4. The molecule has 1 N–H and O–H groups in total. The molecule has 0 saturated carbocycles. The summed E-state index contributed by atoms with van der Waals surface area (Å²) in [5, 5.41) is 9.12. The minimum Gasteiger partial charge on any atom is -0.485 e. The van der Waals surface area contributed by atoms with Gasteiger partial charge in [-0.3, -0.25) is 4.79 Å². The monoisotopic (exact) mass is 300 g/mol. The summed E-state index contributed by atoms with van der Waals surface area (Å²) in [4.78, 5) is 30.4. The Balaban J connectivity index is 2.24. The summed E-state index contributed by atoms with van der Waals surface area (Å²) in [6.45, 7) is 5.22. The van der Waals surface area contributed by atoms with Gasteiger partial charge >= 0.3 is 5.97 Å². The Morgan fingerprint density at radius 3 is 2.64 bits per heavy atom. The van der Waals surface area contributed by atoms with Crippen LogP contribution < -0.4 is 4.74 Å². The molecule has 114 valence electrons. The summed E-state index contributed by atoms with van der Waals surface area (Å²) >= 11 is 0. The van der Waals surface area contributed by atoms with Crippen LogP contribution in [0.3, 0.4) is 0 Å². The molecule has 0 aliphatic rings. The van der Waals surface area contributed by atoms with E-state index in [0.717, 1.165) is 11.1 Å². The molecule has 0 spiro atoms. The van der Waals surface area contributed by atoms with Gasteiger partial charge in [0.15, 0.2) is 17.3 Å². The Morgan fingerprint density at radius 1 is 1.27 bits per heavy atom. The van der Waals surface area contributed by atoms with Crippen LogP contribution in [0.4, 0.5) is 0 Å². The molecule has 0 saturated heterocycles. The van der Waals surface area contributed by atoms with Crippen molar-refractivity contribution in [2.24, 2.45) is 0 Å². The van der Waals surface area contributed by atoms with Gasteiger partial charge in [0.2, 0.25) is 0 Å². The van der Waals surface area contributed by atoms with E-state index in [-0.39, 0.29) is 29.5 Å². The summed E-state index contributed by atoms with van der Waals surface area (Å²) in [6.07, 6.45) is 1.22. The maximum atomic E-state index is 11.4. The Hall–Kier alpha value is -2.76. The van der Waals surface area contributed by atoms with E-state index in [0.29, 0.717) is 5.75 Å². The van der Waals surface area contributed by atoms with E-state index in [4.69, 9.17) is 9.84 Å². The summed E-state index contributed by atoms with van der Waals surface area (Å²) in [7, 11) is 0. The van der Waals surface area contributed by atoms with Crippen LogP contribution in [0.25, 0.3) is 0 Å². The lowest BCUT2D eigenvalue weighted by atomic mass is 10.1. The Labute approximate surface area is 127 Å². The van der Waals surface area contributed by atoms with Gasteiger partial charge < -0.3 is 9.84 Å². The number of aromatic carboxylic acids is 1. The molecule has 1 heterocycles. The number of carbonyl (C=O) groups is 2. The van der Waals surface area contributed by atoms with Crippen LogP contribution in [-0.2, 0) is 6.61 Å². The van der Waals surface area contributed by atoms with E-state index < -0.39 is 5.97 Å². The SMILES string of the molecule is CC(=O)c1cnc(COc2cccc(C)c2C)nc1C(=O)O. The van der Waals surface area contributed by atoms with Gasteiger partial charge in [0.25, 0.3) is 0 Å². The maximum absolute atomic E-state index is 11.4. The second-order valence-corrected chi connectivity index (χ2v) is 4.90. The summed E-state index contributed by atoms with van der Waals surface area (Å²) in [5.41, 5.74) is 1.78. The van der Waals surface area contributed by atoms with Gasteiger partial charge in [0, 0.05) is 6.20 Å². The van der Waals surface area contributed by atoms with Crippen LogP contribution in [0.1, 0.15) is 44.7 Å². The fraction of sp³-hybridized carbons (Fsp3) is 0.250. The highest BCUT2D eigenvalue weighted by Gasteiger charge is 2.17. The second kappa shape index (κ2) is 6.34. The highest BCUT2D eigenvalue weighted by Crippen LogP contribution is 2.21. The van der Waals surface area contributed by atoms with E-state index in [1.165, 1.54) is 13.1 Å². The molecule has 0 aliphatic carbocycles. The molecule has 0 aliphatic heterocycles. The summed E-state index contributed by atoms with van der Waals surface area (Å²) in [6, 6.07) is 5.67. The van der Waals surface area contributed by atoms with Gasteiger partial charge in [0.05, 0.1) is 5.56 Å². The topological polar surface area (TPSA) is 89.4 Å². The second-order valence-electron chi connectivity index (χ2n) is 4.90. The molecule has 6 heteroatoms.